The number of carbonyl (C=O) groups excluding carboxylic acids is 1. The van der Waals surface area contributed by atoms with E-state index < -0.39 is 11.7 Å². The van der Waals surface area contributed by atoms with E-state index in [-0.39, 0.29) is 0 Å². The summed E-state index contributed by atoms with van der Waals surface area (Å²) in [6.45, 7) is 5.24. The third-order valence-electron chi connectivity index (χ3n) is 1.76. The highest BCUT2D eigenvalue weighted by Crippen LogP contribution is 2.28. The normalized spacial score (nSPS) is 11.2. The SMILES string of the molecule is CC(C)(C)OC(=O)N(N)c1cc(Cl)ccc1Cl. The molecular formula is C11H14Cl2N2O2. The first kappa shape index (κ1) is 14.1. The summed E-state index contributed by atoms with van der Waals surface area (Å²) in [5.41, 5.74) is -0.326. The topological polar surface area (TPSA) is 55.6 Å². The van der Waals surface area contributed by atoms with Gasteiger partial charge in [0.2, 0.25) is 0 Å². The molecule has 1 rings (SSSR count). The molecule has 17 heavy (non-hydrogen) atoms. The van der Waals surface area contributed by atoms with Crippen molar-refractivity contribution in [2.24, 2.45) is 5.84 Å². The van der Waals surface area contributed by atoms with Gasteiger partial charge in [-0.2, -0.15) is 0 Å². The van der Waals surface area contributed by atoms with Gasteiger partial charge in [-0.3, -0.25) is 0 Å². The van der Waals surface area contributed by atoms with Crippen LogP contribution >= 0.6 is 23.2 Å². The molecule has 2 N–H and O–H groups in total. The molecule has 0 aliphatic heterocycles. The van der Waals surface area contributed by atoms with Gasteiger partial charge >= 0.3 is 6.09 Å². The maximum absolute atomic E-state index is 11.7. The average Bonchev–Trinajstić information content (AvgIpc) is 2.18. The van der Waals surface area contributed by atoms with Gasteiger partial charge in [-0.15, -0.1) is 0 Å². The van der Waals surface area contributed by atoms with E-state index in [9.17, 15) is 4.79 Å². The van der Waals surface area contributed by atoms with E-state index in [1.54, 1.807) is 32.9 Å². The fraction of sp³-hybridized carbons (Fsp3) is 0.364. The minimum atomic E-state index is -0.693. The van der Waals surface area contributed by atoms with E-state index in [0.29, 0.717) is 15.7 Å². The Morgan fingerprint density at radius 2 is 1.94 bits per heavy atom. The number of carbonyl (C=O) groups is 1. The van der Waals surface area contributed by atoms with E-state index in [1.165, 1.54) is 6.07 Å². The molecule has 0 radical (unpaired) electrons. The Labute approximate surface area is 110 Å². The molecular weight excluding hydrogens is 263 g/mol. The fourth-order valence-corrected chi connectivity index (χ4v) is 1.45. The molecule has 0 saturated carbocycles. The van der Waals surface area contributed by atoms with Crippen LogP contribution in [0.25, 0.3) is 0 Å². The van der Waals surface area contributed by atoms with Crippen molar-refractivity contribution in [3.05, 3.63) is 28.2 Å². The van der Waals surface area contributed by atoms with E-state index in [4.69, 9.17) is 33.8 Å². The van der Waals surface area contributed by atoms with Gasteiger partial charge in [-0.25, -0.2) is 15.6 Å². The van der Waals surface area contributed by atoms with Crippen LogP contribution in [-0.4, -0.2) is 11.7 Å². The molecule has 0 aliphatic rings. The zero-order valence-corrected chi connectivity index (χ0v) is 11.3. The smallest absolute Gasteiger partial charge is 0.429 e. The van der Waals surface area contributed by atoms with Gasteiger partial charge in [-0.1, -0.05) is 23.2 Å². The number of nitrogens with two attached hydrogens (primary N) is 1. The fourth-order valence-electron chi connectivity index (χ4n) is 1.08. The van der Waals surface area contributed by atoms with Crippen molar-refractivity contribution in [2.45, 2.75) is 26.4 Å². The predicted octanol–water partition coefficient (Wildman–Crippen LogP) is 3.61. The molecule has 0 spiro atoms. The molecule has 0 atom stereocenters. The van der Waals surface area contributed by atoms with Crippen molar-refractivity contribution in [1.29, 1.82) is 0 Å². The number of rotatable bonds is 1. The summed E-state index contributed by atoms with van der Waals surface area (Å²) in [7, 11) is 0. The van der Waals surface area contributed by atoms with Crippen molar-refractivity contribution < 1.29 is 9.53 Å². The first-order valence-corrected chi connectivity index (χ1v) is 5.69. The highest BCUT2D eigenvalue weighted by atomic mass is 35.5. The van der Waals surface area contributed by atoms with Crippen molar-refractivity contribution in [3.8, 4) is 0 Å². The molecule has 0 heterocycles. The van der Waals surface area contributed by atoms with Crippen molar-refractivity contribution in [3.63, 3.8) is 0 Å². The van der Waals surface area contributed by atoms with Crippen LogP contribution in [0.5, 0.6) is 0 Å². The molecule has 1 aromatic rings. The summed E-state index contributed by atoms with van der Waals surface area (Å²) >= 11 is 11.7. The molecule has 1 amide bonds. The summed E-state index contributed by atoms with van der Waals surface area (Å²) in [6.07, 6.45) is -0.693. The Bertz CT molecular complexity index is 430. The summed E-state index contributed by atoms with van der Waals surface area (Å²) in [4.78, 5) is 11.7. The minimum absolute atomic E-state index is 0.299. The molecule has 4 nitrogen and oxygen atoms in total. The molecule has 0 fully saturated rings. The van der Waals surface area contributed by atoms with Crippen LogP contribution in [0.15, 0.2) is 18.2 Å². The predicted molar refractivity (Wildman–Crippen MR) is 69.4 cm³/mol. The van der Waals surface area contributed by atoms with Crippen molar-refractivity contribution in [2.75, 3.05) is 5.01 Å². The molecule has 6 heteroatoms. The highest BCUT2D eigenvalue weighted by Gasteiger charge is 2.22. The Morgan fingerprint density at radius 3 is 2.47 bits per heavy atom. The standard InChI is InChI=1S/C11H14Cl2N2O2/c1-11(2,3)17-10(16)15(14)9-6-7(12)4-5-8(9)13/h4-6H,14H2,1-3H3. The molecule has 0 aliphatic carbocycles. The van der Waals surface area contributed by atoms with E-state index in [0.717, 1.165) is 5.01 Å². The zero-order valence-electron chi connectivity index (χ0n) is 9.83. The summed E-state index contributed by atoms with van der Waals surface area (Å²) in [5.74, 6) is 5.63. The minimum Gasteiger partial charge on any atom is -0.442 e. The monoisotopic (exact) mass is 276 g/mol. The number of hydrazine groups is 1. The summed E-state index contributed by atoms with van der Waals surface area (Å²) in [5, 5.41) is 1.59. The first-order valence-electron chi connectivity index (χ1n) is 4.93. The molecule has 1 aromatic carbocycles. The number of halogens is 2. The van der Waals surface area contributed by atoms with E-state index >= 15 is 0 Å². The Kier molecular flexibility index (Phi) is 4.25. The maximum Gasteiger partial charge on any atom is 0.429 e. The molecule has 0 aromatic heterocycles. The second-order valence-corrected chi connectivity index (χ2v) is 5.29. The van der Waals surface area contributed by atoms with Crippen LogP contribution in [0.1, 0.15) is 20.8 Å². The third kappa shape index (κ3) is 4.07. The van der Waals surface area contributed by atoms with Gasteiger partial charge < -0.3 is 4.74 Å². The number of benzene rings is 1. The number of nitrogens with zero attached hydrogens (tertiary/aromatic N) is 1. The van der Waals surface area contributed by atoms with Crippen LogP contribution in [0.3, 0.4) is 0 Å². The first-order chi connectivity index (χ1) is 7.70. The van der Waals surface area contributed by atoms with Crippen LogP contribution in [0, 0.1) is 0 Å². The third-order valence-corrected chi connectivity index (χ3v) is 2.31. The van der Waals surface area contributed by atoms with Crippen LogP contribution < -0.4 is 10.9 Å². The number of amides is 1. The quantitative estimate of drug-likeness (QED) is 0.484. The molecule has 0 unspecified atom stereocenters. The number of hydrogen-bond acceptors (Lipinski definition) is 3. The second-order valence-electron chi connectivity index (χ2n) is 4.45. The number of ether oxygens (including phenoxy) is 1. The summed E-state index contributed by atoms with van der Waals surface area (Å²) < 4.78 is 5.11. The number of anilines is 1. The lowest BCUT2D eigenvalue weighted by Gasteiger charge is -2.24. The zero-order chi connectivity index (χ0) is 13.2. The van der Waals surface area contributed by atoms with Gasteiger partial charge in [-0.05, 0) is 39.0 Å². The van der Waals surface area contributed by atoms with Gasteiger partial charge in [0.25, 0.3) is 0 Å². The molecule has 0 saturated heterocycles. The Balaban J connectivity index is 2.92. The van der Waals surface area contributed by atoms with Gasteiger partial charge in [0, 0.05) is 5.02 Å². The van der Waals surface area contributed by atoms with Gasteiger partial charge in [0.05, 0.1) is 10.7 Å². The largest absolute Gasteiger partial charge is 0.442 e. The second kappa shape index (κ2) is 5.12. The van der Waals surface area contributed by atoms with Crippen molar-refractivity contribution >= 4 is 35.0 Å². The molecule has 0 bridgehead atoms. The maximum atomic E-state index is 11.7. The van der Waals surface area contributed by atoms with Crippen molar-refractivity contribution in [1.82, 2.24) is 0 Å². The lowest BCUT2D eigenvalue weighted by Crippen LogP contribution is -2.41. The lowest BCUT2D eigenvalue weighted by atomic mass is 10.2. The Morgan fingerprint density at radius 1 is 1.35 bits per heavy atom. The highest BCUT2D eigenvalue weighted by molar-refractivity contribution is 6.35. The lowest BCUT2D eigenvalue weighted by molar-refractivity contribution is 0.0580. The van der Waals surface area contributed by atoms with Gasteiger partial charge in [0.1, 0.15) is 5.60 Å². The molecule has 94 valence electrons. The summed E-state index contributed by atoms with van der Waals surface area (Å²) in [6, 6.07) is 4.66. The Hall–Kier alpha value is -0.970. The van der Waals surface area contributed by atoms with E-state index in [1.807, 2.05) is 0 Å². The van der Waals surface area contributed by atoms with E-state index in [2.05, 4.69) is 0 Å². The van der Waals surface area contributed by atoms with Crippen LogP contribution in [-0.2, 0) is 4.74 Å². The van der Waals surface area contributed by atoms with Crippen LogP contribution in [0.4, 0.5) is 10.5 Å². The van der Waals surface area contributed by atoms with Crippen LogP contribution in [0.2, 0.25) is 10.0 Å². The average molecular weight is 277 g/mol. The number of hydrogen-bond donors (Lipinski definition) is 1. The van der Waals surface area contributed by atoms with Gasteiger partial charge in [0.15, 0.2) is 0 Å².